The van der Waals surface area contributed by atoms with E-state index in [4.69, 9.17) is 4.74 Å². The number of carboxylic acid groups (broad SMARTS) is 1. The number of methoxy groups -OCH3 is 1. The molecule has 174 valence electrons. The molecule has 0 amide bonds. The maximum atomic E-state index is 13.0. The van der Waals surface area contributed by atoms with Crippen LogP contribution >= 0.6 is 0 Å². The average Bonchev–Trinajstić information content (AvgIpc) is 2.75. The predicted molar refractivity (Wildman–Crippen MR) is 124 cm³/mol. The molecule has 0 bridgehead atoms. The summed E-state index contributed by atoms with van der Waals surface area (Å²) in [6.45, 7) is 3.15. The van der Waals surface area contributed by atoms with Gasteiger partial charge in [-0.25, -0.2) is 21.6 Å². The van der Waals surface area contributed by atoms with E-state index in [1.54, 1.807) is 19.1 Å². The molecule has 3 aromatic rings. The molecule has 0 unspecified atom stereocenters. The lowest BCUT2D eigenvalue weighted by Gasteiger charge is -2.15. The molecule has 0 radical (unpaired) electrons. The highest BCUT2D eigenvalue weighted by Gasteiger charge is 2.22. The number of nitrogens with one attached hydrogen (secondary N) is 2. The van der Waals surface area contributed by atoms with E-state index in [1.807, 2.05) is 0 Å². The van der Waals surface area contributed by atoms with Gasteiger partial charge in [-0.1, -0.05) is 12.1 Å². The van der Waals surface area contributed by atoms with Crippen LogP contribution in [0, 0.1) is 13.8 Å². The van der Waals surface area contributed by atoms with Gasteiger partial charge in [-0.05, 0) is 73.5 Å². The second-order valence-corrected chi connectivity index (χ2v) is 10.5. The van der Waals surface area contributed by atoms with Gasteiger partial charge >= 0.3 is 5.97 Å². The molecule has 0 fully saturated rings. The summed E-state index contributed by atoms with van der Waals surface area (Å²) in [7, 11) is -6.72. The van der Waals surface area contributed by atoms with Gasteiger partial charge in [0.2, 0.25) is 0 Å². The molecule has 3 N–H and O–H groups in total. The fourth-order valence-electron chi connectivity index (χ4n) is 2.97. The largest absolute Gasteiger partial charge is 0.497 e. The highest BCUT2D eigenvalue weighted by atomic mass is 32.2. The van der Waals surface area contributed by atoms with Crippen molar-refractivity contribution in [2.45, 2.75) is 23.6 Å². The Kier molecular flexibility index (Phi) is 6.65. The van der Waals surface area contributed by atoms with Crippen LogP contribution < -0.4 is 14.2 Å². The topological polar surface area (TPSA) is 139 Å². The van der Waals surface area contributed by atoms with Crippen molar-refractivity contribution in [3.8, 4) is 5.75 Å². The molecule has 0 heterocycles. The third-order valence-corrected chi connectivity index (χ3v) is 7.72. The lowest BCUT2D eigenvalue weighted by atomic mass is 10.1. The number of anilines is 2. The molecule has 3 rings (SSSR count). The number of benzene rings is 3. The van der Waals surface area contributed by atoms with Crippen molar-refractivity contribution in [1.29, 1.82) is 0 Å². The first-order valence-electron chi connectivity index (χ1n) is 9.57. The monoisotopic (exact) mass is 490 g/mol. The summed E-state index contributed by atoms with van der Waals surface area (Å²) >= 11 is 0. The second-order valence-electron chi connectivity index (χ2n) is 7.20. The smallest absolute Gasteiger partial charge is 0.335 e. The molecule has 9 nitrogen and oxygen atoms in total. The maximum absolute atomic E-state index is 13.0. The summed E-state index contributed by atoms with van der Waals surface area (Å²) in [5.41, 5.74) is 0.995. The van der Waals surface area contributed by atoms with Gasteiger partial charge in [0.25, 0.3) is 20.0 Å². The molecule has 0 saturated carbocycles. The Morgan fingerprint density at radius 1 is 0.818 bits per heavy atom. The second kappa shape index (κ2) is 9.12. The van der Waals surface area contributed by atoms with Crippen molar-refractivity contribution in [1.82, 2.24) is 0 Å². The Morgan fingerprint density at radius 3 is 2.06 bits per heavy atom. The van der Waals surface area contributed by atoms with Gasteiger partial charge in [-0.3, -0.25) is 9.44 Å². The Balaban J connectivity index is 1.94. The first-order chi connectivity index (χ1) is 15.4. The van der Waals surface area contributed by atoms with Crippen molar-refractivity contribution < 1.29 is 31.5 Å². The fraction of sp³-hybridized carbons (Fsp3) is 0.136. The van der Waals surface area contributed by atoms with Gasteiger partial charge in [0, 0.05) is 5.69 Å². The van der Waals surface area contributed by atoms with Crippen LogP contribution in [0.1, 0.15) is 21.5 Å². The first kappa shape index (κ1) is 24.1. The minimum atomic E-state index is -4.19. The number of aryl methyl sites for hydroxylation is 2. The van der Waals surface area contributed by atoms with Crippen LogP contribution in [0.15, 0.2) is 70.5 Å². The van der Waals surface area contributed by atoms with Crippen molar-refractivity contribution in [3.05, 3.63) is 77.4 Å². The van der Waals surface area contributed by atoms with Crippen molar-refractivity contribution in [2.24, 2.45) is 0 Å². The number of hydrogen-bond acceptors (Lipinski definition) is 6. The molecule has 33 heavy (non-hydrogen) atoms. The molecule has 3 aromatic carbocycles. The van der Waals surface area contributed by atoms with Crippen LogP contribution in [-0.4, -0.2) is 35.0 Å². The van der Waals surface area contributed by atoms with Gasteiger partial charge < -0.3 is 9.84 Å². The zero-order valence-electron chi connectivity index (χ0n) is 18.0. The summed E-state index contributed by atoms with van der Waals surface area (Å²) in [5, 5.41) is 9.18. The summed E-state index contributed by atoms with van der Waals surface area (Å²) < 4.78 is 61.5. The third-order valence-electron chi connectivity index (χ3n) is 4.83. The average molecular weight is 491 g/mol. The molecule has 0 atom stereocenters. The van der Waals surface area contributed by atoms with Gasteiger partial charge in [-0.15, -0.1) is 0 Å². The van der Waals surface area contributed by atoms with Crippen LogP contribution in [-0.2, 0) is 20.0 Å². The van der Waals surface area contributed by atoms with Gasteiger partial charge in [-0.2, -0.15) is 0 Å². The van der Waals surface area contributed by atoms with E-state index in [2.05, 4.69) is 9.44 Å². The minimum Gasteiger partial charge on any atom is -0.497 e. The van der Waals surface area contributed by atoms with E-state index in [0.29, 0.717) is 22.6 Å². The van der Waals surface area contributed by atoms with E-state index < -0.39 is 26.0 Å². The minimum absolute atomic E-state index is 0.0488. The van der Waals surface area contributed by atoms with Crippen LogP contribution in [0.4, 0.5) is 11.4 Å². The first-order valence-corrected chi connectivity index (χ1v) is 12.5. The molecule has 0 aromatic heterocycles. The Bertz CT molecular complexity index is 1420. The molecule has 0 aliphatic heterocycles. The van der Waals surface area contributed by atoms with E-state index in [0.717, 1.165) is 6.07 Å². The number of rotatable bonds is 8. The summed E-state index contributed by atoms with van der Waals surface area (Å²) in [5.74, 6) is -0.701. The Morgan fingerprint density at radius 2 is 1.45 bits per heavy atom. The van der Waals surface area contributed by atoms with E-state index in [9.17, 15) is 26.7 Å². The number of carbonyl (C=O) groups is 1. The third kappa shape index (κ3) is 5.44. The lowest BCUT2D eigenvalue weighted by Crippen LogP contribution is -2.17. The predicted octanol–water partition coefficient (Wildman–Crippen LogP) is 3.61. The zero-order chi connectivity index (χ0) is 24.4. The highest BCUT2D eigenvalue weighted by molar-refractivity contribution is 7.93. The Hall–Kier alpha value is -3.57. The standard InChI is InChI=1S/C22H22N2O7S2/c1-14-5-11-19(32(27,28)23-17-7-9-18(31-3)10-8-17)13-20(14)24-33(29,30)21-12-16(22(25)26)6-4-15(21)2/h4-13,23-24H,1-3H3,(H,25,26). The SMILES string of the molecule is COc1ccc(NS(=O)(=O)c2ccc(C)c(NS(=O)(=O)c3cc(C(=O)O)ccc3C)c2)cc1. The number of carboxylic acids is 1. The quantitative estimate of drug-likeness (QED) is 0.438. The summed E-state index contributed by atoms with van der Waals surface area (Å²) in [6, 6.07) is 14.1. The molecular formula is C22H22N2O7S2. The molecular weight excluding hydrogens is 468 g/mol. The van der Waals surface area contributed by atoms with Gasteiger partial charge in [0.1, 0.15) is 5.75 Å². The number of hydrogen-bond donors (Lipinski definition) is 3. The molecule has 0 aliphatic carbocycles. The fourth-order valence-corrected chi connectivity index (χ4v) is 5.45. The molecule has 0 aliphatic rings. The normalized spacial score (nSPS) is 11.6. The van der Waals surface area contributed by atoms with Crippen LogP contribution in [0.2, 0.25) is 0 Å². The van der Waals surface area contributed by atoms with E-state index in [-0.39, 0.29) is 21.0 Å². The van der Waals surface area contributed by atoms with Crippen LogP contribution in [0.25, 0.3) is 0 Å². The van der Waals surface area contributed by atoms with Crippen molar-refractivity contribution >= 4 is 37.4 Å². The summed E-state index contributed by atoms with van der Waals surface area (Å²) in [4.78, 5) is 10.9. The zero-order valence-corrected chi connectivity index (χ0v) is 19.6. The van der Waals surface area contributed by atoms with Crippen LogP contribution in [0.3, 0.4) is 0 Å². The molecule has 0 saturated heterocycles. The maximum Gasteiger partial charge on any atom is 0.335 e. The molecule has 0 spiro atoms. The van der Waals surface area contributed by atoms with Gasteiger partial charge in [0.05, 0.1) is 28.2 Å². The van der Waals surface area contributed by atoms with Gasteiger partial charge in [0.15, 0.2) is 0 Å². The number of sulfonamides is 2. The number of ether oxygens (including phenoxy) is 1. The van der Waals surface area contributed by atoms with E-state index >= 15 is 0 Å². The number of aromatic carboxylic acids is 1. The van der Waals surface area contributed by atoms with E-state index in [1.165, 1.54) is 56.5 Å². The lowest BCUT2D eigenvalue weighted by molar-refractivity contribution is 0.0696. The van der Waals surface area contributed by atoms with Crippen LogP contribution in [0.5, 0.6) is 5.75 Å². The highest BCUT2D eigenvalue weighted by Crippen LogP contribution is 2.27. The molecule has 11 heteroatoms. The Labute approximate surface area is 192 Å². The van der Waals surface area contributed by atoms with Crippen molar-refractivity contribution in [3.63, 3.8) is 0 Å². The van der Waals surface area contributed by atoms with Crippen molar-refractivity contribution in [2.75, 3.05) is 16.6 Å². The summed E-state index contributed by atoms with van der Waals surface area (Å²) in [6.07, 6.45) is 0.